The van der Waals surface area contributed by atoms with Crippen LogP contribution in [-0.4, -0.2) is 39.2 Å². The van der Waals surface area contributed by atoms with Crippen LogP contribution in [0.3, 0.4) is 0 Å². The molecule has 3 nitrogen and oxygen atoms in total. The number of rotatable bonds is 7. The second-order valence-electron chi connectivity index (χ2n) is 6.40. The van der Waals surface area contributed by atoms with Gasteiger partial charge in [-0.2, -0.15) is 0 Å². The Morgan fingerprint density at radius 3 is 2.50 bits per heavy atom. The second kappa shape index (κ2) is 7.43. The van der Waals surface area contributed by atoms with Crippen molar-refractivity contribution in [2.75, 3.05) is 34.3 Å². The molecule has 20 heavy (non-hydrogen) atoms. The molecular weight excluding hydrogens is 316 g/mol. The summed E-state index contributed by atoms with van der Waals surface area (Å²) in [6, 6.07) is 6.55. The molecule has 0 amide bonds. The van der Waals surface area contributed by atoms with E-state index < -0.39 is 0 Å². The lowest BCUT2D eigenvalue weighted by Crippen LogP contribution is -2.38. The van der Waals surface area contributed by atoms with E-state index in [2.05, 4.69) is 73.1 Å². The molecule has 1 N–H and O–H groups in total. The molecule has 1 unspecified atom stereocenters. The van der Waals surface area contributed by atoms with Crippen LogP contribution in [-0.2, 0) is 0 Å². The molecule has 0 spiro atoms. The third-order valence-corrected chi connectivity index (χ3v) is 3.93. The van der Waals surface area contributed by atoms with Crippen molar-refractivity contribution in [3.05, 3.63) is 28.2 Å². The van der Waals surface area contributed by atoms with Crippen LogP contribution in [0.15, 0.2) is 22.7 Å². The van der Waals surface area contributed by atoms with E-state index in [9.17, 15) is 0 Å². The smallest absolute Gasteiger partial charge is 0.133 e. The van der Waals surface area contributed by atoms with Crippen molar-refractivity contribution in [2.45, 2.75) is 26.8 Å². The molecule has 0 fully saturated rings. The minimum atomic E-state index is 0.251. The maximum atomic E-state index is 5.26. The number of hydrogen-bond donors (Lipinski definition) is 1. The Kier molecular flexibility index (Phi) is 6.49. The van der Waals surface area contributed by atoms with Crippen molar-refractivity contribution >= 4 is 15.9 Å². The number of benzene rings is 1. The quantitative estimate of drug-likeness (QED) is 0.817. The third-order valence-electron chi connectivity index (χ3n) is 3.31. The Morgan fingerprint density at radius 1 is 1.35 bits per heavy atom. The number of halogens is 1. The lowest BCUT2D eigenvalue weighted by atomic mass is 9.92. The second-order valence-corrected chi connectivity index (χ2v) is 7.25. The number of hydrogen-bond acceptors (Lipinski definition) is 3. The fourth-order valence-electron chi connectivity index (χ4n) is 2.41. The van der Waals surface area contributed by atoms with E-state index >= 15 is 0 Å². The summed E-state index contributed by atoms with van der Waals surface area (Å²) < 4.78 is 6.26. The first-order valence-electron chi connectivity index (χ1n) is 6.97. The molecule has 1 aromatic carbocycles. The predicted octanol–water partition coefficient (Wildman–Crippen LogP) is 3.70. The van der Waals surface area contributed by atoms with Crippen molar-refractivity contribution < 1.29 is 4.74 Å². The van der Waals surface area contributed by atoms with E-state index in [1.165, 1.54) is 5.56 Å². The molecular formula is C16H27BrN2O. The monoisotopic (exact) mass is 342 g/mol. The zero-order valence-corrected chi connectivity index (χ0v) is 15.0. The van der Waals surface area contributed by atoms with Gasteiger partial charge in [0.1, 0.15) is 5.75 Å². The van der Waals surface area contributed by atoms with Gasteiger partial charge in [-0.15, -0.1) is 0 Å². The van der Waals surface area contributed by atoms with Gasteiger partial charge < -0.3 is 15.0 Å². The number of methoxy groups -OCH3 is 1. The highest BCUT2D eigenvalue weighted by Crippen LogP contribution is 2.28. The van der Waals surface area contributed by atoms with Gasteiger partial charge in [0.2, 0.25) is 0 Å². The Hall–Kier alpha value is -0.580. The SMILES string of the molecule is COc1ccc(C(C)NCC(C)(C)CN(C)C)cc1Br. The predicted molar refractivity (Wildman–Crippen MR) is 89.4 cm³/mol. The zero-order chi connectivity index (χ0) is 15.3. The van der Waals surface area contributed by atoms with Crippen LogP contribution in [0.1, 0.15) is 32.4 Å². The minimum Gasteiger partial charge on any atom is -0.496 e. The van der Waals surface area contributed by atoms with Crippen LogP contribution >= 0.6 is 15.9 Å². The molecule has 0 aliphatic carbocycles. The molecule has 1 atom stereocenters. The molecule has 1 rings (SSSR count). The minimum absolute atomic E-state index is 0.251. The summed E-state index contributed by atoms with van der Waals surface area (Å²) >= 11 is 3.54. The molecule has 0 aromatic heterocycles. The van der Waals surface area contributed by atoms with Gasteiger partial charge in [-0.25, -0.2) is 0 Å². The maximum absolute atomic E-state index is 5.26. The lowest BCUT2D eigenvalue weighted by Gasteiger charge is -2.30. The molecule has 0 heterocycles. The Bertz CT molecular complexity index is 432. The summed E-state index contributed by atoms with van der Waals surface area (Å²) in [5, 5.41) is 3.62. The van der Waals surface area contributed by atoms with Crippen molar-refractivity contribution in [1.29, 1.82) is 0 Å². The Labute approximate surface area is 131 Å². The summed E-state index contributed by atoms with van der Waals surface area (Å²) in [6.45, 7) is 8.82. The van der Waals surface area contributed by atoms with Crippen LogP contribution in [0.2, 0.25) is 0 Å². The van der Waals surface area contributed by atoms with Crippen LogP contribution in [0, 0.1) is 5.41 Å². The first-order chi connectivity index (χ1) is 9.25. The molecule has 0 radical (unpaired) electrons. The van der Waals surface area contributed by atoms with Gasteiger partial charge in [0.15, 0.2) is 0 Å². The number of ether oxygens (including phenoxy) is 1. The fourth-order valence-corrected chi connectivity index (χ4v) is 2.97. The van der Waals surface area contributed by atoms with E-state index in [-0.39, 0.29) is 5.41 Å². The van der Waals surface area contributed by atoms with Gasteiger partial charge in [0, 0.05) is 19.1 Å². The largest absolute Gasteiger partial charge is 0.496 e. The highest BCUT2D eigenvalue weighted by atomic mass is 79.9. The van der Waals surface area contributed by atoms with Crippen molar-refractivity contribution in [1.82, 2.24) is 10.2 Å². The summed E-state index contributed by atoms with van der Waals surface area (Å²) in [5.74, 6) is 0.869. The van der Waals surface area contributed by atoms with Crippen LogP contribution < -0.4 is 10.1 Å². The molecule has 4 heteroatoms. The lowest BCUT2D eigenvalue weighted by molar-refractivity contribution is 0.227. The molecule has 1 aromatic rings. The van der Waals surface area contributed by atoms with Gasteiger partial charge >= 0.3 is 0 Å². The summed E-state index contributed by atoms with van der Waals surface area (Å²) in [7, 11) is 5.92. The van der Waals surface area contributed by atoms with Gasteiger partial charge in [0.25, 0.3) is 0 Å². The van der Waals surface area contributed by atoms with E-state index in [0.717, 1.165) is 23.3 Å². The van der Waals surface area contributed by atoms with Crippen LogP contribution in [0.25, 0.3) is 0 Å². The molecule has 0 aliphatic heterocycles. The van der Waals surface area contributed by atoms with Gasteiger partial charge in [0.05, 0.1) is 11.6 Å². The Balaban J connectivity index is 2.63. The Morgan fingerprint density at radius 2 is 2.00 bits per heavy atom. The molecule has 114 valence electrons. The van der Waals surface area contributed by atoms with E-state index in [1.807, 2.05) is 6.07 Å². The highest BCUT2D eigenvalue weighted by molar-refractivity contribution is 9.10. The number of nitrogens with one attached hydrogen (secondary N) is 1. The molecule has 0 saturated carbocycles. The third kappa shape index (κ3) is 5.43. The first kappa shape index (κ1) is 17.5. The molecule has 0 aliphatic rings. The van der Waals surface area contributed by atoms with Crippen LogP contribution in [0.4, 0.5) is 0 Å². The zero-order valence-electron chi connectivity index (χ0n) is 13.5. The van der Waals surface area contributed by atoms with Gasteiger partial charge in [-0.1, -0.05) is 19.9 Å². The first-order valence-corrected chi connectivity index (χ1v) is 7.76. The van der Waals surface area contributed by atoms with Gasteiger partial charge in [-0.3, -0.25) is 0 Å². The van der Waals surface area contributed by atoms with E-state index in [4.69, 9.17) is 4.74 Å². The van der Waals surface area contributed by atoms with Crippen LogP contribution in [0.5, 0.6) is 5.75 Å². The average molecular weight is 343 g/mol. The number of nitrogens with zero attached hydrogens (tertiary/aromatic N) is 1. The highest BCUT2D eigenvalue weighted by Gasteiger charge is 2.20. The summed E-state index contributed by atoms with van der Waals surface area (Å²) in [6.07, 6.45) is 0. The molecule has 0 saturated heterocycles. The topological polar surface area (TPSA) is 24.5 Å². The fraction of sp³-hybridized carbons (Fsp3) is 0.625. The summed E-state index contributed by atoms with van der Waals surface area (Å²) in [5.41, 5.74) is 1.51. The van der Waals surface area contributed by atoms with Crippen molar-refractivity contribution in [3.8, 4) is 5.75 Å². The summed E-state index contributed by atoms with van der Waals surface area (Å²) in [4.78, 5) is 2.23. The normalized spacial score (nSPS) is 13.6. The van der Waals surface area contributed by atoms with Gasteiger partial charge in [-0.05, 0) is 60.1 Å². The maximum Gasteiger partial charge on any atom is 0.133 e. The van der Waals surface area contributed by atoms with Crippen molar-refractivity contribution in [3.63, 3.8) is 0 Å². The average Bonchev–Trinajstić information content (AvgIpc) is 2.34. The van der Waals surface area contributed by atoms with E-state index in [0.29, 0.717) is 6.04 Å². The van der Waals surface area contributed by atoms with Crippen molar-refractivity contribution in [2.24, 2.45) is 5.41 Å². The standard InChI is InChI=1S/C16H27BrN2O/c1-12(18-10-16(2,3)11-19(4)5)13-7-8-15(20-6)14(17)9-13/h7-9,12,18H,10-11H2,1-6H3. The molecule has 0 bridgehead atoms. The van der Waals surface area contributed by atoms with E-state index in [1.54, 1.807) is 7.11 Å².